The van der Waals surface area contributed by atoms with E-state index in [9.17, 15) is 0 Å². The van der Waals surface area contributed by atoms with E-state index in [1.165, 1.54) is 4.88 Å². The molecule has 0 fully saturated rings. The van der Waals surface area contributed by atoms with E-state index in [-0.39, 0.29) is 12.1 Å². The highest BCUT2D eigenvalue weighted by atomic mass is 32.1. The molecule has 0 aromatic carbocycles. The predicted molar refractivity (Wildman–Crippen MR) is 67.0 cm³/mol. The number of ether oxygens (including phenoxy) is 1. The third-order valence-electron chi connectivity index (χ3n) is 2.12. The number of hydrogen-bond donors (Lipinski definition) is 1. The third kappa shape index (κ3) is 2.09. The molecule has 0 saturated carbocycles. The van der Waals surface area contributed by atoms with Crippen LogP contribution >= 0.6 is 11.3 Å². The summed E-state index contributed by atoms with van der Waals surface area (Å²) in [6.45, 7) is 6.05. The maximum Gasteiger partial charge on any atom is 0.227 e. The zero-order valence-electron chi connectivity index (χ0n) is 9.65. The Bertz CT molecular complexity index is 507. The van der Waals surface area contributed by atoms with Crippen LogP contribution < -0.4 is 10.5 Å². The number of nitrogen functional groups attached to an aromatic ring is 1. The van der Waals surface area contributed by atoms with Crippen LogP contribution in [0.5, 0.6) is 5.88 Å². The van der Waals surface area contributed by atoms with Gasteiger partial charge in [0, 0.05) is 4.88 Å². The molecule has 2 N–H and O–H groups in total. The number of rotatable bonds is 3. The van der Waals surface area contributed by atoms with Crippen molar-refractivity contribution in [3.05, 3.63) is 10.9 Å². The molecule has 2 rings (SSSR count). The lowest BCUT2D eigenvalue weighted by atomic mass is 10.3. The summed E-state index contributed by atoms with van der Waals surface area (Å²) in [4.78, 5) is 10.5. The van der Waals surface area contributed by atoms with Crippen molar-refractivity contribution in [2.24, 2.45) is 0 Å². The van der Waals surface area contributed by atoms with Gasteiger partial charge in [-0.15, -0.1) is 11.3 Å². The SMILES string of the molecule is CCc1cc2c(OC(C)C)nc(N)nc2s1. The van der Waals surface area contributed by atoms with Crippen LogP contribution in [0.15, 0.2) is 6.07 Å². The molecule has 2 heterocycles. The van der Waals surface area contributed by atoms with Gasteiger partial charge in [-0.2, -0.15) is 4.98 Å². The van der Waals surface area contributed by atoms with Crippen LogP contribution in [0.2, 0.25) is 0 Å². The van der Waals surface area contributed by atoms with E-state index >= 15 is 0 Å². The predicted octanol–water partition coefficient (Wildman–Crippen LogP) is 2.62. The Morgan fingerprint density at radius 3 is 2.81 bits per heavy atom. The fraction of sp³-hybridized carbons (Fsp3) is 0.455. The minimum Gasteiger partial charge on any atom is -0.474 e. The molecule has 0 spiro atoms. The first-order valence-electron chi connectivity index (χ1n) is 5.32. The molecule has 0 unspecified atom stereocenters. The van der Waals surface area contributed by atoms with Crippen LogP contribution in [0.4, 0.5) is 5.95 Å². The molecule has 0 radical (unpaired) electrons. The lowest BCUT2D eigenvalue weighted by Crippen LogP contribution is -2.08. The number of fused-ring (bicyclic) bond motifs is 1. The summed E-state index contributed by atoms with van der Waals surface area (Å²) in [7, 11) is 0. The van der Waals surface area contributed by atoms with E-state index in [1.807, 2.05) is 13.8 Å². The molecule has 5 heteroatoms. The number of nitrogens with zero attached hydrogens (tertiary/aromatic N) is 2. The second kappa shape index (κ2) is 4.25. The second-order valence-electron chi connectivity index (χ2n) is 3.84. The van der Waals surface area contributed by atoms with Crippen molar-refractivity contribution < 1.29 is 4.74 Å². The summed E-state index contributed by atoms with van der Waals surface area (Å²) >= 11 is 1.64. The lowest BCUT2D eigenvalue weighted by molar-refractivity contribution is 0.236. The fourth-order valence-electron chi connectivity index (χ4n) is 1.45. The van der Waals surface area contributed by atoms with Gasteiger partial charge in [-0.05, 0) is 26.3 Å². The highest BCUT2D eigenvalue weighted by Gasteiger charge is 2.12. The summed E-state index contributed by atoms with van der Waals surface area (Å²) in [6, 6.07) is 2.08. The molecular weight excluding hydrogens is 222 g/mol. The van der Waals surface area contributed by atoms with Gasteiger partial charge in [0.1, 0.15) is 4.83 Å². The van der Waals surface area contributed by atoms with E-state index < -0.39 is 0 Å². The van der Waals surface area contributed by atoms with Gasteiger partial charge in [-0.3, -0.25) is 0 Å². The molecule has 0 amide bonds. The monoisotopic (exact) mass is 237 g/mol. The van der Waals surface area contributed by atoms with Crippen LogP contribution in [-0.2, 0) is 6.42 Å². The molecule has 0 bridgehead atoms. The van der Waals surface area contributed by atoms with Crippen LogP contribution in [-0.4, -0.2) is 16.1 Å². The molecule has 0 aliphatic carbocycles. The average molecular weight is 237 g/mol. The summed E-state index contributed by atoms with van der Waals surface area (Å²) in [5.74, 6) is 0.862. The first kappa shape index (κ1) is 11.1. The van der Waals surface area contributed by atoms with E-state index in [1.54, 1.807) is 11.3 Å². The quantitative estimate of drug-likeness (QED) is 0.891. The van der Waals surface area contributed by atoms with Gasteiger partial charge in [0.15, 0.2) is 0 Å². The Balaban J connectivity index is 2.56. The summed E-state index contributed by atoms with van der Waals surface area (Å²) in [5.41, 5.74) is 5.66. The molecule has 0 atom stereocenters. The van der Waals surface area contributed by atoms with Gasteiger partial charge in [0.25, 0.3) is 0 Å². The minimum atomic E-state index is 0.0856. The van der Waals surface area contributed by atoms with Gasteiger partial charge in [0.2, 0.25) is 11.8 Å². The van der Waals surface area contributed by atoms with Crippen molar-refractivity contribution in [1.29, 1.82) is 0 Å². The number of aromatic nitrogens is 2. The molecule has 0 aliphatic rings. The zero-order valence-corrected chi connectivity index (χ0v) is 10.5. The van der Waals surface area contributed by atoms with Gasteiger partial charge >= 0.3 is 0 Å². The highest BCUT2D eigenvalue weighted by Crippen LogP contribution is 2.31. The number of aryl methyl sites for hydroxylation is 1. The van der Waals surface area contributed by atoms with E-state index in [2.05, 4.69) is 23.0 Å². The van der Waals surface area contributed by atoms with Crippen LogP contribution in [0, 0.1) is 0 Å². The smallest absolute Gasteiger partial charge is 0.227 e. The highest BCUT2D eigenvalue weighted by molar-refractivity contribution is 7.18. The molecule has 86 valence electrons. The molecule has 2 aromatic heterocycles. The maximum absolute atomic E-state index is 5.66. The average Bonchev–Trinajstić information content (AvgIpc) is 2.59. The first-order chi connectivity index (χ1) is 7.60. The van der Waals surface area contributed by atoms with Crippen molar-refractivity contribution in [3.8, 4) is 5.88 Å². The Morgan fingerprint density at radius 2 is 2.19 bits per heavy atom. The molecule has 2 aromatic rings. The van der Waals surface area contributed by atoms with E-state index in [4.69, 9.17) is 10.5 Å². The standard InChI is InChI=1S/C11H15N3OS/c1-4-7-5-8-9(15-6(2)3)13-11(12)14-10(8)16-7/h5-6H,4H2,1-3H3,(H2,12,13,14). The first-order valence-corrected chi connectivity index (χ1v) is 6.14. The number of thiophene rings is 1. The summed E-state index contributed by atoms with van der Waals surface area (Å²) in [6.07, 6.45) is 1.07. The Hall–Kier alpha value is -1.36. The van der Waals surface area contributed by atoms with Crippen molar-refractivity contribution in [2.45, 2.75) is 33.3 Å². The Kier molecular flexibility index (Phi) is 2.96. The number of nitrogens with two attached hydrogens (primary N) is 1. The molecule has 4 nitrogen and oxygen atoms in total. The van der Waals surface area contributed by atoms with Gasteiger partial charge in [-0.25, -0.2) is 4.98 Å². The Morgan fingerprint density at radius 1 is 1.44 bits per heavy atom. The molecule has 0 saturated heterocycles. The number of anilines is 1. The lowest BCUT2D eigenvalue weighted by Gasteiger charge is -2.09. The largest absolute Gasteiger partial charge is 0.474 e. The van der Waals surface area contributed by atoms with Gasteiger partial charge in [-0.1, -0.05) is 6.92 Å². The van der Waals surface area contributed by atoms with Crippen LogP contribution in [0.3, 0.4) is 0 Å². The number of hydrogen-bond acceptors (Lipinski definition) is 5. The van der Waals surface area contributed by atoms with E-state index in [0.717, 1.165) is 16.6 Å². The summed E-state index contributed by atoms with van der Waals surface area (Å²) in [5, 5.41) is 0.963. The second-order valence-corrected chi connectivity index (χ2v) is 4.95. The molecule has 0 aliphatic heterocycles. The maximum atomic E-state index is 5.66. The van der Waals surface area contributed by atoms with Crippen molar-refractivity contribution >= 4 is 27.5 Å². The van der Waals surface area contributed by atoms with Crippen molar-refractivity contribution in [1.82, 2.24) is 9.97 Å². The third-order valence-corrected chi connectivity index (χ3v) is 3.30. The van der Waals surface area contributed by atoms with Crippen molar-refractivity contribution in [2.75, 3.05) is 5.73 Å². The van der Waals surface area contributed by atoms with Crippen LogP contribution in [0.25, 0.3) is 10.2 Å². The van der Waals surface area contributed by atoms with Crippen molar-refractivity contribution in [3.63, 3.8) is 0 Å². The fourth-order valence-corrected chi connectivity index (χ4v) is 2.41. The van der Waals surface area contributed by atoms with E-state index in [0.29, 0.717) is 5.88 Å². The van der Waals surface area contributed by atoms with Gasteiger partial charge < -0.3 is 10.5 Å². The molecule has 16 heavy (non-hydrogen) atoms. The Labute approximate surface area is 98.5 Å². The normalized spacial score (nSPS) is 11.2. The van der Waals surface area contributed by atoms with Gasteiger partial charge in [0.05, 0.1) is 11.5 Å². The zero-order chi connectivity index (χ0) is 11.7. The van der Waals surface area contributed by atoms with Crippen LogP contribution in [0.1, 0.15) is 25.6 Å². The minimum absolute atomic E-state index is 0.0856. The molecular formula is C11H15N3OS. The topological polar surface area (TPSA) is 61.0 Å². The summed E-state index contributed by atoms with van der Waals surface area (Å²) < 4.78 is 5.64.